The minimum atomic E-state index is -2.89. The fourth-order valence-corrected chi connectivity index (χ4v) is 1.80. The third-order valence-electron chi connectivity index (χ3n) is 2.81. The molecule has 0 unspecified atom stereocenters. The zero-order chi connectivity index (χ0) is 17.1. The van der Waals surface area contributed by atoms with Crippen LogP contribution in [-0.2, 0) is 11.3 Å². The van der Waals surface area contributed by atoms with Gasteiger partial charge in [0.1, 0.15) is 0 Å². The molecule has 8 heteroatoms. The van der Waals surface area contributed by atoms with Crippen LogP contribution >= 0.6 is 0 Å². The van der Waals surface area contributed by atoms with Crippen molar-refractivity contribution in [2.75, 3.05) is 33.9 Å². The molecule has 0 fully saturated rings. The summed E-state index contributed by atoms with van der Waals surface area (Å²) >= 11 is 0. The number of methoxy groups -OCH3 is 1. The largest absolute Gasteiger partial charge is 0.490 e. The molecule has 1 rings (SSSR count). The van der Waals surface area contributed by atoms with Crippen LogP contribution in [0.25, 0.3) is 0 Å². The SMILES string of the molecule is CCOc1cc(CNC(=NC)NCCOC)ccc1OC(F)F. The van der Waals surface area contributed by atoms with Gasteiger partial charge in [0.15, 0.2) is 17.5 Å². The summed E-state index contributed by atoms with van der Waals surface area (Å²) in [6.45, 7) is 0.898. The highest BCUT2D eigenvalue weighted by Gasteiger charge is 2.11. The molecule has 0 aromatic heterocycles. The number of halogens is 2. The Kier molecular flexibility index (Phi) is 8.74. The number of alkyl halides is 2. The summed E-state index contributed by atoms with van der Waals surface area (Å²) < 4.78 is 39.5. The first-order valence-corrected chi connectivity index (χ1v) is 7.24. The predicted molar refractivity (Wildman–Crippen MR) is 84.3 cm³/mol. The van der Waals surface area contributed by atoms with E-state index in [2.05, 4.69) is 20.4 Å². The zero-order valence-electron chi connectivity index (χ0n) is 13.6. The second kappa shape index (κ2) is 10.6. The molecule has 0 spiro atoms. The molecule has 0 aliphatic heterocycles. The van der Waals surface area contributed by atoms with E-state index in [0.29, 0.717) is 32.3 Å². The molecule has 1 aromatic rings. The van der Waals surface area contributed by atoms with Crippen LogP contribution in [0.5, 0.6) is 11.5 Å². The first-order valence-electron chi connectivity index (χ1n) is 7.24. The van der Waals surface area contributed by atoms with E-state index in [9.17, 15) is 8.78 Å². The molecule has 1 aromatic carbocycles. The fourth-order valence-electron chi connectivity index (χ4n) is 1.80. The number of rotatable bonds is 9. The van der Waals surface area contributed by atoms with Crippen molar-refractivity contribution in [2.45, 2.75) is 20.1 Å². The molecule has 0 bridgehead atoms. The molecular weight excluding hydrogens is 308 g/mol. The maximum Gasteiger partial charge on any atom is 0.387 e. The Bertz CT molecular complexity index is 499. The van der Waals surface area contributed by atoms with Gasteiger partial charge in [-0.2, -0.15) is 8.78 Å². The highest BCUT2D eigenvalue weighted by molar-refractivity contribution is 5.79. The van der Waals surface area contributed by atoms with Gasteiger partial charge in [0.25, 0.3) is 0 Å². The quantitative estimate of drug-likeness (QED) is 0.412. The van der Waals surface area contributed by atoms with E-state index in [1.54, 1.807) is 33.2 Å². The van der Waals surface area contributed by atoms with Crippen molar-refractivity contribution < 1.29 is 23.0 Å². The smallest absolute Gasteiger partial charge is 0.387 e. The van der Waals surface area contributed by atoms with Crippen LogP contribution in [0.2, 0.25) is 0 Å². The Morgan fingerprint density at radius 3 is 2.65 bits per heavy atom. The minimum absolute atomic E-state index is 0.0215. The lowest BCUT2D eigenvalue weighted by molar-refractivity contribution is -0.0514. The average Bonchev–Trinajstić information content (AvgIpc) is 2.52. The summed E-state index contributed by atoms with van der Waals surface area (Å²) in [5.41, 5.74) is 0.852. The van der Waals surface area contributed by atoms with Gasteiger partial charge in [-0.1, -0.05) is 6.07 Å². The van der Waals surface area contributed by atoms with Crippen LogP contribution in [0, 0.1) is 0 Å². The Labute approximate surface area is 134 Å². The Balaban J connectivity index is 2.67. The van der Waals surface area contributed by atoms with Crippen LogP contribution in [0.3, 0.4) is 0 Å². The molecule has 2 N–H and O–H groups in total. The van der Waals surface area contributed by atoms with Crippen LogP contribution in [0.1, 0.15) is 12.5 Å². The van der Waals surface area contributed by atoms with E-state index in [4.69, 9.17) is 9.47 Å². The van der Waals surface area contributed by atoms with Gasteiger partial charge in [-0.25, -0.2) is 0 Å². The molecule has 0 aliphatic carbocycles. The number of guanidine groups is 1. The van der Waals surface area contributed by atoms with Crippen LogP contribution in [-0.4, -0.2) is 46.5 Å². The van der Waals surface area contributed by atoms with Gasteiger partial charge in [0.05, 0.1) is 13.2 Å². The highest BCUT2D eigenvalue weighted by atomic mass is 19.3. The van der Waals surface area contributed by atoms with Crippen molar-refractivity contribution in [3.63, 3.8) is 0 Å². The van der Waals surface area contributed by atoms with Crippen molar-refractivity contribution in [1.82, 2.24) is 10.6 Å². The van der Waals surface area contributed by atoms with Crippen molar-refractivity contribution in [2.24, 2.45) is 4.99 Å². The lowest BCUT2D eigenvalue weighted by Gasteiger charge is -2.14. The molecule has 0 saturated heterocycles. The van der Waals surface area contributed by atoms with Crippen LogP contribution in [0.15, 0.2) is 23.2 Å². The molecule has 0 amide bonds. The monoisotopic (exact) mass is 331 g/mol. The van der Waals surface area contributed by atoms with Gasteiger partial charge in [-0.05, 0) is 24.6 Å². The van der Waals surface area contributed by atoms with Gasteiger partial charge in [-0.15, -0.1) is 0 Å². The van der Waals surface area contributed by atoms with E-state index < -0.39 is 6.61 Å². The normalized spacial score (nSPS) is 11.5. The van der Waals surface area contributed by atoms with Gasteiger partial charge >= 0.3 is 6.61 Å². The number of hydrogen-bond donors (Lipinski definition) is 2. The summed E-state index contributed by atoms with van der Waals surface area (Å²) in [6, 6.07) is 4.82. The van der Waals surface area contributed by atoms with E-state index in [1.165, 1.54) is 6.07 Å². The topological polar surface area (TPSA) is 64.1 Å². The standard InChI is InChI=1S/C15H23F2N3O3/c1-4-22-13-9-11(5-6-12(13)23-14(16)17)10-20-15(18-2)19-7-8-21-3/h5-6,9,14H,4,7-8,10H2,1-3H3,(H2,18,19,20). The first-order chi connectivity index (χ1) is 11.1. The van der Waals surface area contributed by atoms with Gasteiger partial charge in [0, 0.05) is 27.2 Å². The average molecular weight is 331 g/mol. The van der Waals surface area contributed by atoms with E-state index in [1.807, 2.05) is 0 Å². The summed E-state index contributed by atoms with van der Waals surface area (Å²) in [5, 5.41) is 6.19. The van der Waals surface area contributed by atoms with E-state index in [-0.39, 0.29) is 11.5 Å². The number of hydrogen-bond acceptors (Lipinski definition) is 4. The van der Waals surface area contributed by atoms with Crippen LogP contribution in [0.4, 0.5) is 8.78 Å². The predicted octanol–water partition coefficient (Wildman–Crippen LogP) is 2.00. The van der Waals surface area contributed by atoms with Crippen molar-refractivity contribution in [1.29, 1.82) is 0 Å². The van der Waals surface area contributed by atoms with Crippen molar-refractivity contribution in [3.05, 3.63) is 23.8 Å². The lowest BCUT2D eigenvalue weighted by Crippen LogP contribution is -2.38. The summed E-state index contributed by atoms with van der Waals surface area (Å²) in [6.07, 6.45) is 0. The van der Waals surface area contributed by atoms with E-state index >= 15 is 0 Å². The minimum Gasteiger partial charge on any atom is -0.490 e. The third kappa shape index (κ3) is 7.14. The van der Waals surface area contributed by atoms with Crippen molar-refractivity contribution in [3.8, 4) is 11.5 Å². The lowest BCUT2D eigenvalue weighted by atomic mass is 10.2. The number of ether oxygens (including phenoxy) is 3. The summed E-state index contributed by atoms with van der Waals surface area (Å²) in [4.78, 5) is 4.07. The number of nitrogens with zero attached hydrogens (tertiary/aromatic N) is 1. The Hall–Kier alpha value is -2.09. The second-order valence-electron chi connectivity index (χ2n) is 4.44. The molecule has 0 atom stereocenters. The number of benzene rings is 1. The zero-order valence-corrected chi connectivity index (χ0v) is 13.6. The molecule has 0 aliphatic rings. The van der Waals surface area contributed by atoms with Gasteiger partial charge in [0.2, 0.25) is 0 Å². The maximum atomic E-state index is 12.4. The second-order valence-corrected chi connectivity index (χ2v) is 4.44. The van der Waals surface area contributed by atoms with Crippen LogP contribution < -0.4 is 20.1 Å². The Morgan fingerprint density at radius 2 is 2.04 bits per heavy atom. The molecule has 130 valence electrons. The first kappa shape index (κ1) is 19.0. The molecular formula is C15H23F2N3O3. The molecule has 0 radical (unpaired) electrons. The third-order valence-corrected chi connectivity index (χ3v) is 2.81. The molecule has 0 heterocycles. The van der Waals surface area contributed by atoms with Gasteiger partial charge in [-0.3, -0.25) is 4.99 Å². The number of nitrogens with one attached hydrogen (secondary N) is 2. The summed E-state index contributed by atoms with van der Waals surface area (Å²) in [7, 11) is 3.28. The summed E-state index contributed by atoms with van der Waals surface area (Å²) in [5.74, 6) is 0.926. The van der Waals surface area contributed by atoms with Gasteiger partial charge < -0.3 is 24.8 Å². The molecule has 23 heavy (non-hydrogen) atoms. The maximum absolute atomic E-state index is 12.4. The van der Waals surface area contributed by atoms with E-state index in [0.717, 1.165) is 5.56 Å². The fraction of sp³-hybridized carbons (Fsp3) is 0.533. The molecule has 6 nitrogen and oxygen atoms in total. The Morgan fingerprint density at radius 1 is 1.26 bits per heavy atom. The highest BCUT2D eigenvalue weighted by Crippen LogP contribution is 2.29. The van der Waals surface area contributed by atoms with Crippen molar-refractivity contribution >= 4 is 5.96 Å². The number of aliphatic imine (C=N–C) groups is 1. The molecule has 0 saturated carbocycles.